The first-order valence-electron chi connectivity index (χ1n) is 7.55. The lowest BCUT2D eigenvalue weighted by Crippen LogP contribution is -2.34. The molecule has 0 saturated carbocycles. The number of hydrogen-bond acceptors (Lipinski definition) is 1. The molecule has 1 heteroatoms. The van der Waals surface area contributed by atoms with Crippen LogP contribution >= 0.6 is 0 Å². The number of benzene rings is 1. The minimum absolute atomic E-state index is 0.135. The summed E-state index contributed by atoms with van der Waals surface area (Å²) in [7, 11) is 4.13. The van der Waals surface area contributed by atoms with Crippen LogP contribution in [0.4, 0.5) is 5.69 Å². The largest absolute Gasteiger partial charge is 0.377 e. The smallest absolute Gasteiger partial charge is 0.0434 e. The van der Waals surface area contributed by atoms with Crippen molar-refractivity contribution in [3.05, 3.63) is 35.9 Å². The van der Waals surface area contributed by atoms with Crippen molar-refractivity contribution in [2.45, 2.75) is 53.9 Å². The third-order valence-corrected chi connectivity index (χ3v) is 4.33. The lowest BCUT2D eigenvalue weighted by atomic mass is 9.65. The van der Waals surface area contributed by atoms with E-state index in [1.165, 1.54) is 16.8 Å². The SMILES string of the molecule is C=Cc1cc(C(C)(C)C(C)(C)C)ccc1N(C)C.CC. The summed E-state index contributed by atoms with van der Waals surface area (Å²) < 4.78 is 0. The molecule has 1 aromatic carbocycles. The molecule has 20 heavy (non-hydrogen) atoms. The summed E-state index contributed by atoms with van der Waals surface area (Å²) in [4.78, 5) is 2.13. The first-order chi connectivity index (χ1) is 9.11. The summed E-state index contributed by atoms with van der Waals surface area (Å²) in [6.45, 7) is 19.4. The monoisotopic (exact) mass is 275 g/mol. The number of nitrogens with zero attached hydrogens (tertiary/aromatic N) is 1. The molecule has 1 rings (SSSR count). The Morgan fingerprint density at radius 2 is 1.50 bits per heavy atom. The fourth-order valence-electron chi connectivity index (χ4n) is 1.95. The van der Waals surface area contributed by atoms with Crippen molar-refractivity contribution in [2.75, 3.05) is 19.0 Å². The van der Waals surface area contributed by atoms with Gasteiger partial charge in [0.25, 0.3) is 0 Å². The Morgan fingerprint density at radius 3 is 1.85 bits per heavy atom. The van der Waals surface area contributed by atoms with Gasteiger partial charge in [0, 0.05) is 19.8 Å². The third kappa shape index (κ3) is 3.88. The molecule has 0 aliphatic rings. The van der Waals surface area contributed by atoms with Crippen LogP contribution in [0.2, 0.25) is 0 Å². The number of hydrogen-bond donors (Lipinski definition) is 0. The standard InChI is InChI=1S/C17H27N.C2H6/c1-9-13-12-14(10-11-15(13)18(7)8)17(5,6)16(2,3)4;1-2/h9-12H,1H2,2-8H3;1-2H3. The van der Waals surface area contributed by atoms with E-state index in [2.05, 4.69) is 78.4 Å². The summed E-state index contributed by atoms with van der Waals surface area (Å²) in [6.07, 6.45) is 1.94. The van der Waals surface area contributed by atoms with E-state index in [0.29, 0.717) is 0 Å². The normalized spacial score (nSPS) is 11.4. The van der Waals surface area contributed by atoms with Gasteiger partial charge in [-0.15, -0.1) is 0 Å². The van der Waals surface area contributed by atoms with Gasteiger partial charge >= 0.3 is 0 Å². The molecule has 1 aromatic rings. The lowest BCUT2D eigenvalue weighted by Gasteiger charge is -2.40. The molecule has 0 amide bonds. The second kappa shape index (κ2) is 6.97. The van der Waals surface area contributed by atoms with Crippen molar-refractivity contribution in [2.24, 2.45) is 5.41 Å². The molecule has 0 heterocycles. The quantitative estimate of drug-likeness (QED) is 0.679. The van der Waals surface area contributed by atoms with E-state index >= 15 is 0 Å². The van der Waals surface area contributed by atoms with Crippen LogP contribution in [-0.4, -0.2) is 14.1 Å². The predicted octanol–water partition coefficient (Wildman–Crippen LogP) is 5.75. The fraction of sp³-hybridized carbons (Fsp3) is 0.579. The van der Waals surface area contributed by atoms with E-state index in [9.17, 15) is 0 Å². The van der Waals surface area contributed by atoms with Crippen LogP contribution in [0, 0.1) is 5.41 Å². The number of rotatable bonds is 3. The Balaban J connectivity index is 0.00000172. The molecule has 0 fully saturated rings. The van der Waals surface area contributed by atoms with Crippen LogP contribution in [0.1, 0.15) is 59.6 Å². The minimum Gasteiger partial charge on any atom is -0.377 e. The zero-order chi connectivity index (χ0) is 16.1. The molecule has 0 aromatic heterocycles. The van der Waals surface area contributed by atoms with Crippen LogP contribution in [0.3, 0.4) is 0 Å². The third-order valence-electron chi connectivity index (χ3n) is 4.33. The molecular weight excluding hydrogens is 242 g/mol. The van der Waals surface area contributed by atoms with E-state index in [-0.39, 0.29) is 10.8 Å². The van der Waals surface area contributed by atoms with E-state index in [1.807, 2.05) is 19.9 Å². The van der Waals surface area contributed by atoms with E-state index < -0.39 is 0 Å². The van der Waals surface area contributed by atoms with Crippen molar-refractivity contribution < 1.29 is 0 Å². The predicted molar refractivity (Wildman–Crippen MR) is 94.7 cm³/mol. The molecule has 0 spiro atoms. The molecular formula is C19H33N. The van der Waals surface area contributed by atoms with Gasteiger partial charge in [0.1, 0.15) is 0 Å². The topological polar surface area (TPSA) is 3.24 Å². The van der Waals surface area contributed by atoms with Crippen molar-refractivity contribution in [3.63, 3.8) is 0 Å². The molecule has 0 radical (unpaired) electrons. The second-order valence-electron chi connectivity index (χ2n) is 6.75. The van der Waals surface area contributed by atoms with E-state index in [4.69, 9.17) is 0 Å². The fourth-order valence-corrected chi connectivity index (χ4v) is 1.95. The summed E-state index contributed by atoms with van der Waals surface area (Å²) >= 11 is 0. The molecule has 114 valence electrons. The van der Waals surface area contributed by atoms with Crippen molar-refractivity contribution >= 4 is 11.8 Å². The molecule has 0 saturated heterocycles. The maximum Gasteiger partial charge on any atom is 0.0434 e. The van der Waals surface area contributed by atoms with Gasteiger partial charge in [-0.3, -0.25) is 0 Å². The van der Waals surface area contributed by atoms with Gasteiger partial charge in [-0.05, 0) is 34.1 Å². The van der Waals surface area contributed by atoms with E-state index in [1.54, 1.807) is 0 Å². The summed E-state index contributed by atoms with van der Waals surface area (Å²) in [6, 6.07) is 6.71. The van der Waals surface area contributed by atoms with E-state index in [0.717, 1.165) is 0 Å². The van der Waals surface area contributed by atoms with Crippen LogP contribution < -0.4 is 4.90 Å². The van der Waals surface area contributed by atoms with Crippen molar-refractivity contribution in [1.29, 1.82) is 0 Å². The maximum absolute atomic E-state index is 3.93. The highest BCUT2D eigenvalue weighted by atomic mass is 15.1. The van der Waals surface area contributed by atoms with Gasteiger partial charge in [-0.1, -0.05) is 67.2 Å². The maximum atomic E-state index is 3.93. The lowest BCUT2D eigenvalue weighted by molar-refractivity contribution is 0.225. The summed E-state index contributed by atoms with van der Waals surface area (Å²) in [5, 5.41) is 0. The highest BCUT2D eigenvalue weighted by Gasteiger charge is 2.34. The molecule has 0 atom stereocenters. The Kier molecular flexibility index (Phi) is 6.53. The molecule has 0 aliphatic carbocycles. The van der Waals surface area contributed by atoms with Gasteiger partial charge in [-0.2, -0.15) is 0 Å². The Labute approximate surface area is 126 Å². The Bertz CT molecular complexity index is 434. The average Bonchev–Trinajstić information content (AvgIpc) is 2.38. The van der Waals surface area contributed by atoms with Gasteiger partial charge in [0.15, 0.2) is 0 Å². The van der Waals surface area contributed by atoms with Gasteiger partial charge in [0.2, 0.25) is 0 Å². The second-order valence-corrected chi connectivity index (χ2v) is 6.75. The first kappa shape index (κ1) is 18.8. The van der Waals surface area contributed by atoms with Gasteiger partial charge in [0.05, 0.1) is 0 Å². The Hall–Kier alpha value is -1.24. The average molecular weight is 275 g/mol. The van der Waals surface area contributed by atoms with Crippen molar-refractivity contribution in [1.82, 2.24) is 0 Å². The summed E-state index contributed by atoms with van der Waals surface area (Å²) in [5.74, 6) is 0. The highest BCUT2D eigenvalue weighted by molar-refractivity contribution is 5.67. The minimum atomic E-state index is 0.135. The first-order valence-corrected chi connectivity index (χ1v) is 7.55. The zero-order valence-electron chi connectivity index (χ0n) is 15.0. The molecule has 0 N–H and O–H groups in total. The summed E-state index contributed by atoms with van der Waals surface area (Å²) in [5.41, 5.74) is 4.16. The molecule has 0 bridgehead atoms. The van der Waals surface area contributed by atoms with Crippen LogP contribution in [0.5, 0.6) is 0 Å². The van der Waals surface area contributed by atoms with Crippen LogP contribution in [0.25, 0.3) is 6.08 Å². The molecule has 1 nitrogen and oxygen atoms in total. The number of anilines is 1. The molecule has 0 unspecified atom stereocenters. The van der Waals surface area contributed by atoms with Crippen LogP contribution in [0.15, 0.2) is 24.8 Å². The van der Waals surface area contributed by atoms with Crippen LogP contribution in [-0.2, 0) is 5.41 Å². The van der Waals surface area contributed by atoms with Gasteiger partial charge in [-0.25, -0.2) is 0 Å². The Morgan fingerprint density at radius 1 is 1.00 bits per heavy atom. The van der Waals surface area contributed by atoms with Crippen molar-refractivity contribution in [3.8, 4) is 0 Å². The highest BCUT2D eigenvalue weighted by Crippen LogP contribution is 2.41. The zero-order valence-corrected chi connectivity index (χ0v) is 15.0. The molecule has 0 aliphatic heterocycles. The van der Waals surface area contributed by atoms with Gasteiger partial charge < -0.3 is 4.90 Å².